The lowest BCUT2D eigenvalue weighted by atomic mass is 10.1. The van der Waals surface area contributed by atoms with E-state index in [0.29, 0.717) is 18.8 Å². The monoisotopic (exact) mass is 390 g/mol. The van der Waals surface area contributed by atoms with Gasteiger partial charge in [-0.3, -0.25) is 9.59 Å². The van der Waals surface area contributed by atoms with Gasteiger partial charge >= 0.3 is 0 Å². The van der Waals surface area contributed by atoms with Crippen molar-refractivity contribution in [3.63, 3.8) is 0 Å². The fourth-order valence-corrected chi connectivity index (χ4v) is 3.09. The van der Waals surface area contributed by atoms with Crippen LogP contribution in [0.4, 0.5) is 5.82 Å². The van der Waals surface area contributed by atoms with Gasteiger partial charge in [-0.2, -0.15) is 5.10 Å². The zero-order valence-electron chi connectivity index (χ0n) is 16.8. The zero-order chi connectivity index (χ0) is 20.6. The molecule has 1 N–H and O–H groups in total. The van der Waals surface area contributed by atoms with Crippen LogP contribution in [-0.2, 0) is 9.59 Å². The van der Waals surface area contributed by atoms with Crippen LogP contribution in [-0.4, -0.2) is 39.6 Å². The summed E-state index contributed by atoms with van der Waals surface area (Å²) in [6.45, 7) is 4.35. The highest BCUT2D eigenvalue weighted by Crippen LogP contribution is 2.24. The molecule has 2 aromatic carbocycles. The Hall–Kier alpha value is -3.41. The molecule has 0 atom stereocenters. The topological polar surface area (TPSA) is 67.2 Å². The standard InChI is InChI=1S/C23H26N4O2/c1-3-11-23(29)26(4-2)17-22(28)24-21-16-20(18-12-7-5-8-13-18)25-27(21)19-14-9-6-10-15-19/h5-10,12-16H,3-4,11,17H2,1-2H3,(H,24,28). The van der Waals surface area contributed by atoms with E-state index in [1.54, 1.807) is 9.58 Å². The number of carbonyl (C=O) groups excluding carboxylic acids is 2. The third kappa shape index (κ3) is 5.10. The van der Waals surface area contributed by atoms with Crippen molar-refractivity contribution in [2.75, 3.05) is 18.4 Å². The first-order valence-electron chi connectivity index (χ1n) is 9.91. The van der Waals surface area contributed by atoms with Crippen molar-refractivity contribution in [3.05, 3.63) is 66.7 Å². The van der Waals surface area contributed by atoms with Gasteiger partial charge in [-0.05, 0) is 25.5 Å². The van der Waals surface area contributed by atoms with Gasteiger partial charge in [-0.25, -0.2) is 4.68 Å². The SMILES string of the molecule is CCCC(=O)N(CC)CC(=O)Nc1cc(-c2ccccc2)nn1-c1ccccc1. The average Bonchev–Trinajstić information content (AvgIpc) is 3.17. The first-order chi connectivity index (χ1) is 14.1. The van der Waals surface area contributed by atoms with Crippen LogP contribution in [0.15, 0.2) is 66.7 Å². The van der Waals surface area contributed by atoms with Crippen molar-refractivity contribution in [2.24, 2.45) is 0 Å². The Bertz CT molecular complexity index is 952. The summed E-state index contributed by atoms with van der Waals surface area (Å²) in [4.78, 5) is 26.4. The number of carbonyl (C=O) groups is 2. The summed E-state index contributed by atoms with van der Waals surface area (Å²) in [5.74, 6) is 0.318. The largest absolute Gasteiger partial charge is 0.334 e. The zero-order valence-corrected chi connectivity index (χ0v) is 16.8. The maximum atomic E-state index is 12.7. The number of likely N-dealkylation sites (N-methyl/N-ethyl adjacent to an activating group) is 1. The highest BCUT2D eigenvalue weighted by atomic mass is 16.2. The van der Waals surface area contributed by atoms with Gasteiger partial charge in [-0.15, -0.1) is 0 Å². The molecule has 1 aromatic heterocycles. The van der Waals surface area contributed by atoms with Crippen molar-refractivity contribution in [1.82, 2.24) is 14.7 Å². The van der Waals surface area contributed by atoms with E-state index >= 15 is 0 Å². The molecule has 0 aliphatic rings. The molecule has 0 saturated heterocycles. The van der Waals surface area contributed by atoms with Crippen molar-refractivity contribution in [3.8, 4) is 16.9 Å². The summed E-state index contributed by atoms with van der Waals surface area (Å²) in [6, 6.07) is 21.3. The van der Waals surface area contributed by atoms with E-state index in [0.717, 1.165) is 23.4 Å². The first-order valence-corrected chi connectivity index (χ1v) is 9.91. The summed E-state index contributed by atoms with van der Waals surface area (Å²) in [5, 5.41) is 7.62. The molecule has 0 aliphatic heterocycles. The molecule has 0 saturated carbocycles. The molecule has 0 radical (unpaired) electrons. The van der Waals surface area contributed by atoms with Gasteiger partial charge in [0.2, 0.25) is 11.8 Å². The molecule has 0 unspecified atom stereocenters. The van der Waals surface area contributed by atoms with Crippen LogP contribution in [0.2, 0.25) is 0 Å². The van der Waals surface area contributed by atoms with Crippen LogP contribution in [0.1, 0.15) is 26.7 Å². The summed E-state index contributed by atoms with van der Waals surface area (Å²) in [5.41, 5.74) is 2.57. The Morgan fingerprint density at radius 1 is 1.00 bits per heavy atom. The Morgan fingerprint density at radius 3 is 2.28 bits per heavy atom. The molecule has 3 aromatic rings. The van der Waals surface area contributed by atoms with E-state index in [1.165, 1.54) is 0 Å². The molecule has 0 bridgehead atoms. The second-order valence-corrected chi connectivity index (χ2v) is 6.73. The maximum Gasteiger partial charge on any atom is 0.245 e. The van der Waals surface area contributed by atoms with Gasteiger partial charge in [-0.1, -0.05) is 55.5 Å². The molecule has 6 nitrogen and oxygen atoms in total. The molecule has 1 heterocycles. The predicted molar refractivity (Wildman–Crippen MR) is 115 cm³/mol. The lowest BCUT2D eigenvalue weighted by Gasteiger charge is -2.20. The van der Waals surface area contributed by atoms with Gasteiger partial charge in [0, 0.05) is 24.6 Å². The summed E-state index contributed by atoms with van der Waals surface area (Å²) in [6.07, 6.45) is 1.21. The molecule has 0 fully saturated rings. The van der Waals surface area contributed by atoms with E-state index in [2.05, 4.69) is 10.4 Å². The van der Waals surface area contributed by atoms with Crippen LogP contribution in [0, 0.1) is 0 Å². The Labute approximate surface area is 171 Å². The lowest BCUT2D eigenvalue weighted by molar-refractivity contribution is -0.134. The second-order valence-electron chi connectivity index (χ2n) is 6.73. The number of anilines is 1. The number of rotatable bonds is 8. The normalized spacial score (nSPS) is 10.6. The van der Waals surface area contributed by atoms with Gasteiger partial charge in [0.05, 0.1) is 17.9 Å². The third-order valence-electron chi connectivity index (χ3n) is 4.58. The molecule has 29 heavy (non-hydrogen) atoms. The van der Waals surface area contributed by atoms with Crippen molar-refractivity contribution in [1.29, 1.82) is 0 Å². The number of para-hydroxylation sites is 1. The Balaban J connectivity index is 1.86. The first kappa shape index (κ1) is 20.3. The fourth-order valence-electron chi connectivity index (χ4n) is 3.09. The van der Waals surface area contributed by atoms with Gasteiger partial charge in [0.15, 0.2) is 0 Å². The molecule has 3 rings (SSSR count). The van der Waals surface area contributed by atoms with Gasteiger partial charge in [0.1, 0.15) is 5.82 Å². The maximum absolute atomic E-state index is 12.7. The minimum absolute atomic E-state index is 0.00769. The van der Waals surface area contributed by atoms with Crippen LogP contribution in [0.5, 0.6) is 0 Å². The van der Waals surface area contributed by atoms with Crippen molar-refractivity contribution in [2.45, 2.75) is 26.7 Å². The van der Waals surface area contributed by atoms with Crippen molar-refractivity contribution >= 4 is 17.6 Å². The predicted octanol–water partition coefficient (Wildman–Crippen LogP) is 4.13. The minimum atomic E-state index is -0.243. The number of nitrogens with zero attached hydrogens (tertiary/aromatic N) is 3. The highest BCUT2D eigenvalue weighted by molar-refractivity contribution is 5.94. The van der Waals surface area contributed by atoms with E-state index in [4.69, 9.17) is 0 Å². The molecular weight excluding hydrogens is 364 g/mol. The molecular formula is C23H26N4O2. The average molecular weight is 390 g/mol. The molecule has 2 amide bonds. The molecule has 6 heteroatoms. The Morgan fingerprint density at radius 2 is 1.66 bits per heavy atom. The van der Waals surface area contributed by atoms with Gasteiger partial charge < -0.3 is 10.2 Å². The fraction of sp³-hybridized carbons (Fsp3) is 0.261. The van der Waals surface area contributed by atoms with E-state index < -0.39 is 0 Å². The number of hydrogen-bond donors (Lipinski definition) is 1. The quantitative estimate of drug-likeness (QED) is 0.629. The van der Waals surface area contributed by atoms with Crippen LogP contribution >= 0.6 is 0 Å². The summed E-state index contributed by atoms with van der Waals surface area (Å²) in [7, 11) is 0. The summed E-state index contributed by atoms with van der Waals surface area (Å²) >= 11 is 0. The van der Waals surface area contributed by atoms with Crippen LogP contribution in [0.25, 0.3) is 16.9 Å². The van der Waals surface area contributed by atoms with E-state index in [1.807, 2.05) is 80.6 Å². The van der Waals surface area contributed by atoms with E-state index in [9.17, 15) is 9.59 Å². The Kier molecular flexibility index (Phi) is 6.79. The van der Waals surface area contributed by atoms with Gasteiger partial charge in [0.25, 0.3) is 0 Å². The number of nitrogens with one attached hydrogen (secondary N) is 1. The number of hydrogen-bond acceptors (Lipinski definition) is 3. The van der Waals surface area contributed by atoms with Crippen molar-refractivity contribution < 1.29 is 9.59 Å². The molecule has 0 spiro atoms. The lowest BCUT2D eigenvalue weighted by Crippen LogP contribution is -2.37. The molecule has 150 valence electrons. The number of aromatic nitrogens is 2. The molecule has 0 aliphatic carbocycles. The number of amides is 2. The van der Waals surface area contributed by atoms with Crippen LogP contribution < -0.4 is 5.32 Å². The third-order valence-corrected chi connectivity index (χ3v) is 4.58. The highest BCUT2D eigenvalue weighted by Gasteiger charge is 2.18. The summed E-state index contributed by atoms with van der Waals surface area (Å²) < 4.78 is 1.71. The van der Waals surface area contributed by atoms with E-state index in [-0.39, 0.29) is 18.4 Å². The second kappa shape index (κ2) is 9.68. The smallest absolute Gasteiger partial charge is 0.245 e. The van der Waals surface area contributed by atoms with Crippen LogP contribution in [0.3, 0.4) is 0 Å². The minimum Gasteiger partial charge on any atom is -0.334 e. The number of benzene rings is 2.